The Hall–Kier alpha value is -1.47. The van der Waals surface area contributed by atoms with Gasteiger partial charge in [0.15, 0.2) is 17.4 Å². The number of nitrogens with one attached hydrogen (secondary N) is 1. The van der Waals surface area contributed by atoms with E-state index in [2.05, 4.69) is 5.32 Å². The highest BCUT2D eigenvalue weighted by Crippen LogP contribution is 2.26. The standard InChI is InChI=1S/C12H13F3N2O2.ClH/c1-6-5-17(3-2-16-6)12(19)7-4-8(13)10(15)11(18)9(7)14;/h4,6,16,18H,2-3,5H2,1H3;1H/t6-;/m1./s1. The molecule has 8 heteroatoms. The van der Waals surface area contributed by atoms with Crippen LogP contribution in [0.2, 0.25) is 0 Å². The van der Waals surface area contributed by atoms with E-state index in [4.69, 9.17) is 5.11 Å². The van der Waals surface area contributed by atoms with Crippen LogP contribution >= 0.6 is 12.4 Å². The van der Waals surface area contributed by atoms with Crippen LogP contribution in [0, 0.1) is 17.5 Å². The smallest absolute Gasteiger partial charge is 0.257 e. The van der Waals surface area contributed by atoms with Gasteiger partial charge in [-0.05, 0) is 13.0 Å². The molecule has 1 aliphatic heterocycles. The zero-order valence-electron chi connectivity index (χ0n) is 10.6. The number of rotatable bonds is 1. The molecule has 0 aliphatic carbocycles. The van der Waals surface area contributed by atoms with Gasteiger partial charge in [0, 0.05) is 25.7 Å². The SMILES string of the molecule is C[C@@H]1CN(C(=O)c2cc(F)c(F)c(O)c2F)CCN1.Cl. The van der Waals surface area contributed by atoms with Gasteiger partial charge in [-0.1, -0.05) is 0 Å². The fourth-order valence-corrected chi connectivity index (χ4v) is 2.03. The van der Waals surface area contributed by atoms with Crippen molar-refractivity contribution >= 4 is 18.3 Å². The molecule has 4 nitrogen and oxygen atoms in total. The predicted molar refractivity (Wildman–Crippen MR) is 68.6 cm³/mol. The van der Waals surface area contributed by atoms with Gasteiger partial charge < -0.3 is 15.3 Å². The molecule has 1 atom stereocenters. The molecule has 0 spiro atoms. The molecule has 1 fully saturated rings. The molecule has 0 radical (unpaired) electrons. The van der Waals surface area contributed by atoms with E-state index in [9.17, 15) is 18.0 Å². The second-order valence-electron chi connectivity index (χ2n) is 4.49. The number of piperazine rings is 1. The maximum atomic E-state index is 13.6. The molecule has 112 valence electrons. The molecule has 1 aliphatic rings. The summed E-state index contributed by atoms with van der Waals surface area (Å²) in [5.41, 5.74) is -0.662. The number of benzene rings is 1. The van der Waals surface area contributed by atoms with Gasteiger partial charge in [0.05, 0.1) is 5.56 Å². The number of amides is 1. The first kappa shape index (κ1) is 16.6. The van der Waals surface area contributed by atoms with E-state index in [-0.39, 0.29) is 18.4 Å². The molecule has 2 N–H and O–H groups in total. The molecule has 2 rings (SSSR count). The molecule has 0 aromatic heterocycles. The third kappa shape index (κ3) is 2.99. The molecule has 1 saturated heterocycles. The van der Waals surface area contributed by atoms with Crippen LogP contribution in [0.3, 0.4) is 0 Å². The number of halogens is 4. The normalized spacial score (nSPS) is 18.6. The van der Waals surface area contributed by atoms with Crippen molar-refractivity contribution in [2.75, 3.05) is 19.6 Å². The van der Waals surface area contributed by atoms with Gasteiger partial charge in [0.25, 0.3) is 5.91 Å². The Morgan fingerprint density at radius 3 is 2.65 bits per heavy atom. The average Bonchev–Trinajstić information content (AvgIpc) is 2.40. The molecule has 0 bridgehead atoms. The summed E-state index contributed by atoms with van der Waals surface area (Å²) in [7, 11) is 0. The van der Waals surface area contributed by atoms with Crippen molar-refractivity contribution in [3.63, 3.8) is 0 Å². The molecule has 20 heavy (non-hydrogen) atoms. The highest BCUT2D eigenvalue weighted by molar-refractivity contribution is 5.95. The third-order valence-electron chi connectivity index (χ3n) is 3.02. The zero-order valence-corrected chi connectivity index (χ0v) is 11.4. The largest absolute Gasteiger partial charge is 0.503 e. The van der Waals surface area contributed by atoms with Crippen LogP contribution in [0.1, 0.15) is 17.3 Å². The Labute approximate surface area is 120 Å². The van der Waals surface area contributed by atoms with E-state index >= 15 is 0 Å². The molecular formula is C12H14ClF3N2O2. The third-order valence-corrected chi connectivity index (χ3v) is 3.02. The van der Waals surface area contributed by atoms with Crippen LogP contribution in [0.25, 0.3) is 0 Å². The highest BCUT2D eigenvalue weighted by Gasteiger charge is 2.27. The summed E-state index contributed by atoms with van der Waals surface area (Å²) in [5.74, 6) is -6.81. The van der Waals surface area contributed by atoms with Crippen LogP contribution in [-0.2, 0) is 0 Å². The van der Waals surface area contributed by atoms with Gasteiger partial charge >= 0.3 is 0 Å². The molecular weight excluding hydrogens is 297 g/mol. The fraction of sp³-hybridized carbons (Fsp3) is 0.417. The lowest BCUT2D eigenvalue weighted by Gasteiger charge is -2.32. The quantitative estimate of drug-likeness (QED) is 0.776. The van der Waals surface area contributed by atoms with Gasteiger partial charge in [-0.15, -0.1) is 12.4 Å². The number of phenols is 1. The molecule has 1 aromatic rings. The van der Waals surface area contributed by atoms with Crippen molar-refractivity contribution in [1.29, 1.82) is 0 Å². The molecule has 1 heterocycles. The number of phenolic OH excluding ortho intramolecular Hbond substituents is 1. The summed E-state index contributed by atoms with van der Waals surface area (Å²) in [5, 5.41) is 12.2. The first-order valence-corrected chi connectivity index (χ1v) is 5.81. The lowest BCUT2D eigenvalue weighted by atomic mass is 10.1. The Balaban J connectivity index is 0.00000200. The summed E-state index contributed by atoms with van der Waals surface area (Å²) in [4.78, 5) is 13.4. The van der Waals surface area contributed by atoms with Crippen molar-refractivity contribution in [2.24, 2.45) is 0 Å². The van der Waals surface area contributed by atoms with Crippen molar-refractivity contribution in [2.45, 2.75) is 13.0 Å². The van der Waals surface area contributed by atoms with E-state index in [0.717, 1.165) is 0 Å². The molecule has 1 aromatic carbocycles. The maximum Gasteiger partial charge on any atom is 0.257 e. The highest BCUT2D eigenvalue weighted by atomic mass is 35.5. The molecule has 0 saturated carbocycles. The van der Waals surface area contributed by atoms with Gasteiger partial charge in [-0.2, -0.15) is 4.39 Å². The number of hydrogen-bond acceptors (Lipinski definition) is 3. The summed E-state index contributed by atoms with van der Waals surface area (Å²) >= 11 is 0. The van der Waals surface area contributed by atoms with Gasteiger partial charge in [0.1, 0.15) is 0 Å². The van der Waals surface area contributed by atoms with Crippen molar-refractivity contribution < 1.29 is 23.1 Å². The Bertz CT molecular complexity index is 528. The van der Waals surface area contributed by atoms with Crippen LogP contribution in [0.5, 0.6) is 5.75 Å². The summed E-state index contributed by atoms with van der Waals surface area (Å²) in [6.45, 7) is 3.04. The van der Waals surface area contributed by atoms with Gasteiger partial charge in [0.2, 0.25) is 5.82 Å². The number of carbonyl (C=O) groups excluding carboxylic acids is 1. The Morgan fingerprint density at radius 1 is 1.40 bits per heavy atom. The molecule has 1 amide bonds. The van der Waals surface area contributed by atoms with Gasteiger partial charge in [-0.25, -0.2) is 8.78 Å². The van der Waals surface area contributed by atoms with E-state index in [0.29, 0.717) is 25.7 Å². The van der Waals surface area contributed by atoms with Crippen LogP contribution in [-0.4, -0.2) is 41.6 Å². The van der Waals surface area contributed by atoms with Gasteiger partial charge in [-0.3, -0.25) is 4.79 Å². The monoisotopic (exact) mass is 310 g/mol. The number of nitrogens with zero attached hydrogens (tertiary/aromatic N) is 1. The zero-order chi connectivity index (χ0) is 14.2. The number of aromatic hydroxyl groups is 1. The fourth-order valence-electron chi connectivity index (χ4n) is 2.03. The lowest BCUT2D eigenvalue weighted by molar-refractivity contribution is 0.0702. The lowest BCUT2D eigenvalue weighted by Crippen LogP contribution is -2.51. The first-order chi connectivity index (χ1) is 8.91. The van der Waals surface area contributed by atoms with E-state index in [1.807, 2.05) is 6.92 Å². The Morgan fingerprint density at radius 2 is 2.05 bits per heavy atom. The second kappa shape index (κ2) is 6.32. The second-order valence-corrected chi connectivity index (χ2v) is 4.49. The van der Waals surface area contributed by atoms with Crippen LogP contribution in [0.4, 0.5) is 13.2 Å². The van der Waals surface area contributed by atoms with E-state index < -0.39 is 34.7 Å². The maximum absolute atomic E-state index is 13.6. The summed E-state index contributed by atoms with van der Waals surface area (Å²) in [6.07, 6.45) is 0. The number of hydrogen-bond donors (Lipinski definition) is 2. The minimum atomic E-state index is -1.69. The minimum absolute atomic E-state index is 0. The van der Waals surface area contributed by atoms with Crippen LogP contribution in [0.15, 0.2) is 6.07 Å². The van der Waals surface area contributed by atoms with E-state index in [1.165, 1.54) is 4.90 Å². The first-order valence-electron chi connectivity index (χ1n) is 5.81. The topological polar surface area (TPSA) is 52.6 Å². The minimum Gasteiger partial charge on any atom is -0.503 e. The average molecular weight is 311 g/mol. The van der Waals surface area contributed by atoms with E-state index in [1.54, 1.807) is 0 Å². The summed E-state index contributed by atoms with van der Waals surface area (Å²) in [6, 6.07) is 0.499. The van der Waals surface area contributed by atoms with Crippen molar-refractivity contribution in [1.82, 2.24) is 10.2 Å². The van der Waals surface area contributed by atoms with Crippen molar-refractivity contribution in [3.05, 3.63) is 29.1 Å². The van der Waals surface area contributed by atoms with Crippen molar-refractivity contribution in [3.8, 4) is 5.75 Å². The number of carbonyl (C=O) groups is 1. The Kier molecular flexibility index (Phi) is 5.24. The molecule has 0 unspecified atom stereocenters. The van der Waals surface area contributed by atoms with Crippen LogP contribution < -0.4 is 5.32 Å². The summed E-state index contributed by atoms with van der Waals surface area (Å²) < 4.78 is 39.7. The predicted octanol–water partition coefficient (Wildman–Crippen LogP) is 1.67.